The molecule has 4 aromatic rings. The zero-order valence-electron chi connectivity index (χ0n) is 32.5. The first kappa shape index (κ1) is 39.9. The number of aliphatic hydroxyl groups excluding tert-OH is 1. The Balaban J connectivity index is 1.25. The van der Waals surface area contributed by atoms with Gasteiger partial charge < -0.3 is 35.0 Å². The summed E-state index contributed by atoms with van der Waals surface area (Å²) in [6.07, 6.45) is 1.25. The fourth-order valence-electron chi connectivity index (χ4n) is 9.23. The fraction of sp³-hybridized carbons (Fsp3) is 0.386. The molecule has 0 aromatic heterocycles. The van der Waals surface area contributed by atoms with Crippen LogP contribution in [0.3, 0.4) is 0 Å². The zero-order chi connectivity index (χ0) is 39.6. The van der Waals surface area contributed by atoms with Gasteiger partial charge in [0, 0.05) is 34.7 Å². The van der Waals surface area contributed by atoms with Crippen LogP contribution in [0.2, 0.25) is 18.6 Å². The van der Waals surface area contributed by atoms with Crippen LogP contribution in [-0.2, 0) is 37.8 Å². The van der Waals surface area contributed by atoms with Crippen LogP contribution < -0.4 is 25.5 Å². The summed E-state index contributed by atoms with van der Waals surface area (Å²) in [4.78, 5) is 46.1. The van der Waals surface area contributed by atoms with E-state index in [9.17, 15) is 14.7 Å². The number of aliphatic hydroxyl groups is 1. The summed E-state index contributed by atoms with van der Waals surface area (Å²) in [6.45, 7) is 8.18. The number of anilines is 2. The van der Waals surface area contributed by atoms with E-state index in [1.807, 2.05) is 84.9 Å². The fourth-order valence-corrected chi connectivity index (χ4v) is 13.6. The number of carbonyl (C=O) groups excluding carboxylic acids is 3. The van der Waals surface area contributed by atoms with E-state index in [1.54, 1.807) is 16.9 Å². The Labute approximate surface area is 338 Å². The summed E-state index contributed by atoms with van der Waals surface area (Å²) in [5.41, 5.74) is 2.54. The van der Waals surface area contributed by atoms with Crippen LogP contribution in [0.4, 0.5) is 11.4 Å². The molecule has 0 aliphatic carbocycles. The second-order valence-electron chi connectivity index (χ2n) is 15.8. The third-order valence-corrected chi connectivity index (χ3v) is 16.9. The number of hydrogen-bond donors (Lipinski definition) is 3. The molecule has 0 unspecified atom stereocenters. The van der Waals surface area contributed by atoms with E-state index in [0.29, 0.717) is 12.2 Å². The predicted octanol–water partition coefficient (Wildman–Crippen LogP) is 6.32. The van der Waals surface area contributed by atoms with Gasteiger partial charge in [0.2, 0.25) is 11.8 Å². The summed E-state index contributed by atoms with van der Waals surface area (Å²) >= 11 is 3.69. The van der Waals surface area contributed by atoms with E-state index in [0.717, 1.165) is 52.0 Å². The van der Waals surface area contributed by atoms with E-state index in [-0.39, 0.29) is 61.3 Å². The maximum atomic E-state index is 15.3. The Kier molecular flexibility index (Phi) is 11.9. The van der Waals surface area contributed by atoms with Crippen molar-refractivity contribution in [1.29, 1.82) is 0 Å². The van der Waals surface area contributed by atoms with Gasteiger partial charge in [-0.1, -0.05) is 95.7 Å². The molecule has 3 heterocycles. The van der Waals surface area contributed by atoms with Gasteiger partial charge in [-0.2, -0.15) is 0 Å². The van der Waals surface area contributed by atoms with Crippen molar-refractivity contribution in [2.45, 2.75) is 75.7 Å². The van der Waals surface area contributed by atoms with Gasteiger partial charge in [0.25, 0.3) is 5.91 Å². The Morgan fingerprint density at radius 2 is 1.79 bits per heavy atom. The molecular formula is C44H51BrN4O6Si. The highest BCUT2D eigenvalue weighted by Gasteiger charge is 2.66. The lowest BCUT2D eigenvalue weighted by molar-refractivity contribution is -0.150. The monoisotopic (exact) mass is 838 g/mol. The van der Waals surface area contributed by atoms with Crippen LogP contribution in [0, 0.1) is 5.92 Å². The molecule has 3 aliphatic rings. The Morgan fingerprint density at radius 3 is 2.48 bits per heavy atom. The van der Waals surface area contributed by atoms with E-state index in [1.165, 1.54) is 5.19 Å². The highest BCUT2D eigenvalue weighted by molar-refractivity contribution is 9.10. The van der Waals surface area contributed by atoms with E-state index in [4.69, 9.17) is 9.47 Å². The van der Waals surface area contributed by atoms with Crippen LogP contribution in [0.5, 0.6) is 5.75 Å². The average molecular weight is 840 g/mol. The molecule has 3 aliphatic heterocycles. The molecular weight excluding hydrogens is 788 g/mol. The number of halogens is 1. The Morgan fingerprint density at radius 1 is 1.04 bits per heavy atom. The lowest BCUT2D eigenvalue weighted by atomic mass is 9.82. The number of nitrogens with one attached hydrogen (secondary N) is 2. The average Bonchev–Trinajstić information content (AvgIpc) is 3.89. The molecule has 294 valence electrons. The molecule has 0 bridgehead atoms. The molecule has 1 spiro atoms. The highest BCUT2D eigenvalue weighted by atomic mass is 79.9. The largest absolute Gasteiger partial charge is 0.497 e. The molecule has 4 aromatic carbocycles. The van der Waals surface area contributed by atoms with Gasteiger partial charge >= 0.3 is 0 Å². The number of amides is 3. The molecule has 2 fully saturated rings. The molecule has 2 saturated heterocycles. The first-order valence-corrected chi connectivity index (χ1v) is 23.3. The van der Waals surface area contributed by atoms with Crippen molar-refractivity contribution in [2.75, 3.05) is 37.0 Å². The normalized spacial score (nSPS) is 23.0. The number of benzene rings is 4. The number of ether oxygens (including phenoxy) is 2. The Hall–Kier alpha value is -4.33. The van der Waals surface area contributed by atoms with Crippen LogP contribution >= 0.6 is 15.9 Å². The molecule has 0 saturated carbocycles. The molecule has 3 amide bonds. The van der Waals surface area contributed by atoms with Gasteiger partial charge in [-0.3, -0.25) is 14.4 Å². The SMILES string of the molecule is COc1ccc([Si](C)(C)[C@H]2[C@H](CC(=O)N(CCO)Cc3ccccc3)O[C@@]3(C(=O)N(Cc4cccc(NC(=O)[C@H]5CCCN5)c4)c4ccc(Br)cc43)[C@@H]2C)cc1. The molecule has 56 heavy (non-hydrogen) atoms. The van der Waals surface area contributed by atoms with E-state index < -0.39 is 19.8 Å². The van der Waals surface area contributed by atoms with Crippen molar-refractivity contribution in [1.82, 2.24) is 10.2 Å². The summed E-state index contributed by atoms with van der Waals surface area (Å²) in [5, 5.41) is 17.5. The number of hydrogen-bond acceptors (Lipinski definition) is 7. The maximum absolute atomic E-state index is 15.3. The smallest absolute Gasteiger partial charge is 0.264 e. The van der Waals surface area contributed by atoms with Gasteiger partial charge in [0.05, 0.1) is 52.6 Å². The summed E-state index contributed by atoms with van der Waals surface area (Å²) in [6, 6.07) is 31.3. The molecule has 0 radical (unpaired) electrons. The molecule has 5 atom stereocenters. The molecule has 3 N–H and O–H groups in total. The van der Waals surface area contributed by atoms with Gasteiger partial charge in [-0.05, 0) is 78.5 Å². The molecule has 7 rings (SSSR count). The van der Waals surface area contributed by atoms with Crippen LogP contribution in [-0.4, -0.2) is 74.8 Å². The highest BCUT2D eigenvalue weighted by Crippen LogP contribution is 2.60. The minimum absolute atomic E-state index is 0.0594. The zero-order valence-corrected chi connectivity index (χ0v) is 35.1. The first-order chi connectivity index (χ1) is 27.0. The van der Waals surface area contributed by atoms with Crippen LogP contribution in [0.25, 0.3) is 0 Å². The van der Waals surface area contributed by atoms with Crippen molar-refractivity contribution < 1.29 is 29.0 Å². The summed E-state index contributed by atoms with van der Waals surface area (Å²) in [5.74, 6) is 0.0939. The minimum atomic E-state index is -2.52. The second-order valence-corrected chi connectivity index (χ2v) is 21.4. The number of rotatable bonds is 13. The second kappa shape index (κ2) is 16.6. The van der Waals surface area contributed by atoms with Crippen molar-refractivity contribution in [3.63, 3.8) is 0 Å². The van der Waals surface area contributed by atoms with E-state index in [2.05, 4.69) is 58.7 Å². The van der Waals surface area contributed by atoms with E-state index >= 15 is 4.79 Å². The van der Waals surface area contributed by atoms with Crippen molar-refractivity contribution in [2.24, 2.45) is 5.92 Å². The van der Waals surface area contributed by atoms with Gasteiger partial charge in [0.1, 0.15) is 5.75 Å². The number of nitrogens with zero attached hydrogens (tertiary/aromatic N) is 2. The predicted molar refractivity (Wildman–Crippen MR) is 225 cm³/mol. The van der Waals surface area contributed by atoms with Gasteiger partial charge in [0.15, 0.2) is 5.60 Å². The topological polar surface area (TPSA) is 120 Å². The van der Waals surface area contributed by atoms with Crippen LogP contribution in [0.15, 0.2) is 102 Å². The summed E-state index contributed by atoms with van der Waals surface area (Å²) < 4.78 is 13.6. The minimum Gasteiger partial charge on any atom is -0.497 e. The van der Waals surface area contributed by atoms with Crippen molar-refractivity contribution >= 4 is 58.3 Å². The number of fused-ring (bicyclic) bond motifs is 2. The lowest BCUT2D eigenvalue weighted by Gasteiger charge is -2.37. The van der Waals surface area contributed by atoms with Crippen molar-refractivity contribution in [3.8, 4) is 5.75 Å². The number of methoxy groups -OCH3 is 1. The summed E-state index contributed by atoms with van der Waals surface area (Å²) in [7, 11) is -0.870. The standard InChI is InChI=1S/C44H51BrN4O6Si/c1-29-41(56(3,4)35-18-16-34(54-2)17-19-35)39(26-40(51)48(22-23-50)27-30-10-6-5-7-11-30)55-44(29)36-25-32(45)15-20-38(36)49(43(44)53)28-31-12-8-13-33(24-31)47-42(52)37-14-9-21-46-37/h5-8,10-13,15-20,24-25,29,37,39,41,46,50H,9,14,21-23,26-28H2,1-4H3,(H,47,52)/t29-,37-,39+,41-,44+/m1/s1. The maximum Gasteiger partial charge on any atom is 0.264 e. The van der Waals surface area contributed by atoms with Gasteiger partial charge in [-0.25, -0.2) is 0 Å². The van der Waals surface area contributed by atoms with Crippen molar-refractivity contribution in [3.05, 3.63) is 118 Å². The molecule has 12 heteroatoms. The number of carbonyl (C=O) groups is 3. The quantitative estimate of drug-likeness (QED) is 0.135. The third-order valence-electron chi connectivity index (χ3n) is 12.0. The third kappa shape index (κ3) is 7.69. The van der Waals surface area contributed by atoms with Gasteiger partial charge in [-0.15, -0.1) is 0 Å². The lowest BCUT2D eigenvalue weighted by Crippen LogP contribution is -2.52. The Bertz CT molecular complexity index is 2060. The first-order valence-electron chi connectivity index (χ1n) is 19.5. The molecule has 10 nitrogen and oxygen atoms in total. The van der Waals surface area contributed by atoms with Crippen LogP contribution in [0.1, 0.15) is 42.9 Å².